The molecule has 4 unspecified atom stereocenters. The van der Waals surface area contributed by atoms with E-state index in [1.54, 1.807) is 0 Å². The highest BCUT2D eigenvalue weighted by Gasteiger charge is 2.82. The van der Waals surface area contributed by atoms with E-state index in [2.05, 4.69) is 41.2 Å². The van der Waals surface area contributed by atoms with E-state index in [-0.39, 0.29) is 17.6 Å². The minimum Gasteiger partial charge on any atom is -0.393 e. The first-order valence-corrected chi connectivity index (χ1v) is 14.0. The Morgan fingerprint density at radius 3 is 2.24 bits per heavy atom. The Balaban J connectivity index is 1.37. The molecule has 0 aromatic carbocycles. The van der Waals surface area contributed by atoms with Gasteiger partial charge < -0.3 is 5.11 Å². The summed E-state index contributed by atoms with van der Waals surface area (Å²) in [6, 6.07) is 0. The Hall–Kier alpha value is -0.380. The minimum atomic E-state index is -0.228. The maximum Gasteiger partial charge on any atom is 0.113 e. The van der Waals surface area contributed by atoms with Crippen molar-refractivity contribution in [1.82, 2.24) is 0 Å². The average molecular weight is 459 g/mol. The summed E-state index contributed by atoms with van der Waals surface area (Å²) >= 11 is 0. The van der Waals surface area contributed by atoms with Crippen LogP contribution >= 0.6 is 0 Å². The first kappa shape index (κ1) is 24.3. The maximum atomic E-state index is 10.9. The van der Waals surface area contributed by atoms with Gasteiger partial charge in [0.2, 0.25) is 0 Å². The van der Waals surface area contributed by atoms with Gasteiger partial charge in [-0.1, -0.05) is 41.2 Å². The van der Waals surface area contributed by atoms with Gasteiger partial charge in [-0.3, -0.25) is 5.26 Å². The molecule has 3 nitrogen and oxygen atoms in total. The summed E-state index contributed by atoms with van der Waals surface area (Å²) in [6.45, 7) is 18.5. The largest absolute Gasteiger partial charge is 0.393 e. The summed E-state index contributed by atoms with van der Waals surface area (Å²) in [6.07, 6.45) is 13.6. The highest BCUT2D eigenvalue weighted by Crippen LogP contribution is 2.89. The van der Waals surface area contributed by atoms with E-state index in [0.29, 0.717) is 33.5 Å². The molecule has 10 atom stereocenters. The molecule has 5 saturated carbocycles. The SMILES string of the molecule is C=C(C)C(CCC(C)[C@H]1CC[C@@]2(C)C3CC[C@H]4C(C)(C)[C@@H](O)CCC45C[C@@]35CC[C@]12C)OO. The molecule has 0 aromatic rings. The van der Waals surface area contributed by atoms with Crippen LogP contribution in [-0.2, 0) is 4.89 Å². The third-order valence-electron chi connectivity index (χ3n) is 13.4. The van der Waals surface area contributed by atoms with Crippen LogP contribution in [-0.4, -0.2) is 22.6 Å². The van der Waals surface area contributed by atoms with Crippen LogP contribution in [0.1, 0.15) is 112 Å². The molecular weight excluding hydrogens is 408 g/mol. The molecule has 3 heteroatoms. The zero-order chi connectivity index (χ0) is 24.0. The third-order valence-corrected chi connectivity index (χ3v) is 13.4. The lowest BCUT2D eigenvalue weighted by molar-refractivity contribution is -0.270. The lowest BCUT2D eigenvalue weighted by atomic mass is 9.41. The van der Waals surface area contributed by atoms with Crippen molar-refractivity contribution in [2.24, 2.45) is 50.7 Å². The molecule has 33 heavy (non-hydrogen) atoms. The number of fused-ring (bicyclic) bond motifs is 2. The Morgan fingerprint density at radius 1 is 0.909 bits per heavy atom. The van der Waals surface area contributed by atoms with Crippen LogP contribution in [0, 0.1) is 50.7 Å². The molecule has 0 aliphatic heterocycles. The van der Waals surface area contributed by atoms with Gasteiger partial charge >= 0.3 is 0 Å². The van der Waals surface area contributed by atoms with Gasteiger partial charge in [0.25, 0.3) is 0 Å². The van der Waals surface area contributed by atoms with Gasteiger partial charge in [0.15, 0.2) is 0 Å². The topological polar surface area (TPSA) is 49.7 Å². The summed E-state index contributed by atoms with van der Waals surface area (Å²) in [7, 11) is 0. The van der Waals surface area contributed by atoms with E-state index in [4.69, 9.17) is 4.89 Å². The Kier molecular flexibility index (Phi) is 5.57. The fraction of sp³-hybridized carbons (Fsp3) is 0.933. The number of aliphatic hydroxyl groups is 1. The predicted octanol–water partition coefficient (Wildman–Crippen LogP) is 7.64. The molecule has 5 aliphatic carbocycles. The number of aliphatic hydroxyl groups excluding tert-OH is 1. The lowest BCUT2D eigenvalue weighted by Gasteiger charge is -2.63. The van der Waals surface area contributed by atoms with Gasteiger partial charge in [-0.15, -0.1) is 0 Å². The summed E-state index contributed by atoms with van der Waals surface area (Å²) < 4.78 is 0. The maximum absolute atomic E-state index is 10.9. The van der Waals surface area contributed by atoms with Gasteiger partial charge in [0, 0.05) is 0 Å². The highest BCUT2D eigenvalue weighted by atomic mass is 17.1. The van der Waals surface area contributed by atoms with Crippen LogP contribution in [0.3, 0.4) is 0 Å². The van der Waals surface area contributed by atoms with Crippen LogP contribution < -0.4 is 0 Å². The first-order valence-electron chi connectivity index (χ1n) is 14.0. The van der Waals surface area contributed by atoms with Gasteiger partial charge in [0.1, 0.15) is 6.10 Å². The van der Waals surface area contributed by atoms with Gasteiger partial charge in [-0.2, -0.15) is 0 Å². The van der Waals surface area contributed by atoms with Crippen LogP contribution in [0.25, 0.3) is 0 Å². The van der Waals surface area contributed by atoms with Gasteiger partial charge in [-0.05, 0) is 134 Å². The van der Waals surface area contributed by atoms with E-state index in [9.17, 15) is 10.4 Å². The molecule has 188 valence electrons. The molecule has 5 aliphatic rings. The van der Waals surface area contributed by atoms with E-state index < -0.39 is 0 Å². The zero-order valence-electron chi connectivity index (χ0n) is 22.3. The van der Waals surface area contributed by atoms with E-state index in [1.807, 2.05) is 6.92 Å². The molecule has 5 rings (SSSR count). The smallest absolute Gasteiger partial charge is 0.113 e. The molecule has 2 spiro atoms. The standard InChI is InChI=1S/C30H50O3/c1-19(2)22(33-32)9-8-20(3)21-12-14-28(7)24-11-10-23-26(4,5)25(31)13-15-29(23)18-30(24,29)17-16-27(21,28)6/h20-25,31-32H,1,8-18H2,2-7H3/t20?,21-,22?,23+,24?,25+,27-,28+,29?,30+/m1/s1. The number of hydrogen-bond donors (Lipinski definition) is 2. The third kappa shape index (κ3) is 2.97. The van der Waals surface area contributed by atoms with E-state index >= 15 is 0 Å². The predicted molar refractivity (Wildman–Crippen MR) is 134 cm³/mol. The van der Waals surface area contributed by atoms with E-state index in [0.717, 1.165) is 36.7 Å². The quantitative estimate of drug-likeness (QED) is 0.244. The fourth-order valence-electron chi connectivity index (χ4n) is 11.3. The number of hydrogen-bond acceptors (Lipinski definition) is 3. The van der Waals surface area contributed by atoms with Crippen molar-refractivity contribution in [3.63, 3.8) is 0 Å². The Labute approximate surface area is 202 Å². The van der Waals surface area contributed by atoms with Crippen LogP contribution in [0.5, 0.6) is 0 Å². The molecule has 0 amide bonds. The van der Waals surface area contributed by atoms with Crippen LogP contribution in [0.2, 0.25) is 0 Å². The van der Waals surface area contributed by atoms with Gasteiger partial charge in [-0.25, -0.2) is 4.89 Å². The normalized spacial score (nSPS) is 51.5. The molecule has 5 fully saturated rings. The van der Waals surface area contributed by atoms with Crippen LogP contribution in [0.4, 0.5) is 0 Å². The second kappa shape index (κ2) is 7.56. The minimum absolute atomic E-state index is 0.0791. The van der Waals surface area contributed by atoms with Crippen molar-refractivity contribution < 1.29 is 15.3 Å². The zero-order valence-corrected chi connectivity index (χ0v) is 22.3. The van der Waals surface area contributed by atoms with Crippen molar-refractivity contribution in [2.75, 3.05) is 0 Å². The monoisotopic (exact) mass is 458 g/mol. The lowest BCUT2D eigenvalue weighted by Crippen LogP contribution is -2.57. The molecule has 0 radical (unpaired) electrons. The summed E-state index contributed by atoms with van der Waals surface area (Å²) in [5.41, 5.74) is 2.95. The van der Waals surface area contributed by atoms with E-state index in [1.165, 1.54) is 51.4 Å². The summed E-state index contributed by atoms with van der Waals surface area (Å²) in [5, 5.41) is 20.1. The second-order valence-electron chi connectivity index (χ2n) is 14.5. The molecule has 0 heterocycles. The summed E-state index contributed by atoms with van der Waals surface area (Å²) in [5.74, 6) is 3.00. The van der Waals surface area contributed by atoms with Gasteiger partial charge in [0.05, 0.1) is 6.10 Å². The van der Waals surface area contributed by atoms with Crippen molar-refractivity contribution in [3.05, 3.63) is 12.2 Å². The van der Waals surface area contributed by atoms with Crippen molar-refractivity contribution in [3.8, 4) is 0 Å². The van der Waals surface area contributed by atoms with Crippen molar-refractivity contribution in [2.45, 2.75) is 124 Å². The highest BCUT2D eigenvalue weighted by molar-refractivity contribution is 5.30. The summed E-state index contributed by atoms with van der Waals surface area (Å²) in [4.78, 5) is 4.72. The molecular formula is C30H50O3. The van der Waals surface area contributed by atoms with Crippen molar-refractivity contribution in [1.29, 1.82) is 0 Å². The molecule has 0 aromatic heterocycles. The average Bonchev–Trinajstić information content (AvgIpc) is 3.34. The molecule has 2 N–H and O–H groups in total. The first-order chi connectivity index (χ1) is 15.4. The van der Waals surface area contributed by atoms with Crippen molar-refractivity contribution >= 4 is 0 Å². The Morgan fingerprint density at radius 2 is 1.58 bits per heavy atom. The molecule has 0 bridgehead atoms. The second-order valence-corrected chi connectivity index (χ2v) is 14.5. The van der Waals surface area contributed by atoms with Crippen LogP contribution in [0.15, 0.2) is 12.2 Å². The number of rotatable bonds is 6. The Bertz CT molecular complexity index is 804. The fourth-order valence-corrected chi connectivity index (χ4v) is 11.3. The molecule has 0 saturated heterocycles.